The molecule has 1 saturated carbocycles. The molecule has 2 N–H and O–H groups in total. The fourth-order valence-corrected chi connectivity index (χ4v) is 4.54. The van der Waals surface area contributed by atoms with E-state index in [1.54, 1.807) is 6.92 Å². The van der Waals surface area contributed by atoms with Crippen LogP contribution >= 0.6 is 15.9 Å². The standard InChI is InChI=1S/C14H17BrN2O2S/c1-9-13(15)6-5-12(14(9)20(17,18)19)11-4-2-3-10(7-11)8-16/h5-6,10-11H,2-4,7H2,1H3,(H2,17,18,19)/t10-,11-/m1/s1. The molecule has 0 bridgehead atoms. The molecule has 20 heavy (non-hydrogen) atoms. The van der Waals surface area contributed by atoms with E-state index < -0.39 is 10.0 Å². The Kier molecular flexibility index (Phi) is 4.52. The van der Waals surface area contributed by atoms with E-state index >= 15 is 0 Å². The SMILES string of the molecule is Cc1c(Br)ccc([C@@H]2CCC[C@@H](C#N)C2)c1S(N)(=O)=O. The molecule has 0 aromatic heterocycles. The van der Waals surface area contributed by atoms with Crippen LogP contribution in [0.1, 0.15) is 42.7 Å². The minimum Gasteiger partial charge on any atom is -0.225 e. The lowest BCUT2D eigenvalue weighted by molar-refractivity contribution is 0.375. The first-order chi connectivity index (χ1) is 9.34. The van der Waals surface area contributed by atoms with Gasteiger partial charge in [-0.25, -0.2) is 13.6 Å². The summed E-state index contributed by atoms with van der Waals surface area (Å²) in [5.74, 6) is 0.0968. The second kappa shape index (κ2) is 5.84. The van der Waals surface area contributed by atoms with Crippen LogP contribution in [0.2, 0.25) is 0 Å². The summed E-state index contributed by atoms with van der Waals surface area (Å²) >= 11 is 3.35. The van der Waals surface area contributed by atoms with Crippen molar-refractivity contribution in [1.29, 1.82) is 5.26 Å². The molecule has 1 aliphatic rings. The van der Waals surface area contributed by atoms with Gasteiger partial charge in [0.05, 0.1) is 11.0 Å². The van der Waals surface area contributed by atoms with Crippen LogP contribution in [0.15, 0.2) is 21.5 Å². The zero-order valence-corrected chi connectivity index (χ0v) is 13.7. The molecule has 2 rings (SSSR count). The molecular weight excluding hydrogens is 340 g/mol. The number of nitriles is 1. The molecule has 0 aliphatic heterocycles. The monoisotopic (exact) mass is 356 g/mol. The summed E-state index contributed by atoms with van der Waals surface area (Å²) < 4.78 is 24.6. The maximum Gasteiger partial charge on any atom is 0.238 e. The molecule has 1 aliphatic carbocycles. The van der Waals surface area contributed by atoms with Gasteiger partial charge in [-0.05, 0) is 49.3 Å². The smallest absolute Gasteiger partial charge is 0.225 e. The van der Waals surface area contributed by atoms with Gasteiger partial charge in [0.15, 0.2) is 0 Å². The fraction of sp³-hybridized carbons (Fsp3) is 0.500. The van der Waals surface area contributed by atoms with E-state index in [1.165, 1.54) is 0 Å². The Bertz CT molecular complexity index is 664. The topological polar surface area (TPSA) is 83.9 Å². The Labute approximate surface area is 128 Å². The average Bonchev–Trinajstić information content (AvgIpc) is 2.40. The molecule has 0 radical (unpaired) electrons. The van der Waals surface area contributed by atoms with Crippen LogP contribution in [0.3, 0.4) is 0 Å². The molecule has 1 fully saturated rings. The molecule has 4 nitrogen and oxygen atoms in total. The van der Waals surface area contributed by atoms with Gasteiger partial charge < -0.3 is 0 Å². The number of nitrogens with zero attached hydrogens (tertiary/aromatic N) is 1. The summed E-state index contributed by atoms with van der Waals surface area (Å²) in [6.07, 6.45) is 3.46. The van der Waals surface area contributed by atoms with Gasteiger partial charge in [0, 0.05) is 10.4 Å². The van der Waals surface area contributed by atoms with Crippen molar-refractivity contribution in [2.45, 2.75) is 43.4 Å². The molecule has 2 atom stereocenters. The van der Waals surface area contributed by atoms with E-state index in [-0.39, 0.29) is 16.7 Å². The second-order valence-corrected chi connectivity index (χ2v) is 7.68. The quantitative estimate of drug-likeness (QED) is 0.882. The molecule has 0 saturated heterocycles. The van der Waals surface area contributed by atoms with Gasteiger partial charge in [0.2, 0.25) is 10.0 Å². The number of hydrogen-bond donors (Lipinski definition) is 1. The van der Waals surface area contributed by atoms with Gasteiger partial charge in [-0.15, -0.1) is 0 Å². The summed E-state index contributed by atoms with van der Waals surface area (Å²) in [5.41, 5.74) is 1.40. The highest BCUT2D eigenvalue weighted by molar-refractivity contribution is 9.10. The summed E-state index contributed by atoms with van der Waals surface area (Å²) in [6.45, 7) is 1.75. The van der Waals surface area contributed by atoms with Crippen molar-refractivity contribution in [2.24, 2.45) is 11.1 Å². The zero-order valence-electron chi connectivity index (χ0n) is 11.3. The van der Waals surface area contributed by atoms with Crippen molar-refractivity contribution in [3.05, 3.63) is 27.7 Å². The van der Waals surface area contributed by atoms with E-state index in [0.29, 0.717) is 12.0 Å². The molecule has 1 aromatic carbocycles. The lowest BCUT2D eigenvalue weighted by Crippen LogP contribution is -2.20. The van der Waals surface area contributed by atoms with Crippen LogP contribution in [0, 0.1) is 24.2 Å². The Morgan fingerprint density at radius 1 is 1.40 bits per heavy atom. The largest absolute Gasteiger partial charge is 0.238 e. The van der Waals surface area contributed by atoms with Crippen molar-refractivity contribution in [2.75, 3.05) is 0 Å². The minimum atomic E-state index is -3.77. The molecule has 0 spiro atoms. The van der Waals surface area contributed by atoms with Crippen LogP contribution < -0.4 is 5.14 Å². The third-order valence-electron chi connectivity index (χ3n) is 3.95. The van der Waals surface area contributed by atoms with Crippen LogP contribution in [-0.2, 0) is 10.0 Å². The highest BCUT2D eigenvalue weighted by Crippen LogP contribution is 2.40. The molecule has 0 heterocycles. The number of hydrogen-bond acceptors (Lipinski definition) is 3. The van der Waals surface area contributed by atoms with Gasteiger partial charge >= 0.3 is 0 Å². The number of benzene rings is 1. The van der Waals surface area contributed by atoms with Crippen LogP contribution in [-0.4, -0.2) is 8.42 Å². The highest BCUT2D eigenvalue weighted by atomic mass is 79.9. The predicted molar refractivity (Wildman–Crippen MR) is 80.6 cm³/mol. The molecule has 6 heteroatoms. The Morgan fingerprint density at radius 2 is 2.10 bits per heavy atom. The molecule has 108 valence electrons. The predicted octanol–water partition coefficient (Wildman–Crippen LogP) is 3.20. The van der Waals surface area contributed by atoms with Crippen LogP contribution in [0.5, 0.6) is 0 Å². The average molecular weight is 357 g/mol. The zero-order chi connectivity index (χ0) is 14.9. The van der Waals surface area contributed by atoms with Crippen molar-refractivity contribution in [1.82, 2.24) is 0 Å². The van der Waals surface area contributed by atoms with Crippen molar-refractivity contribution < 1.29 is 8.42 Å². The van der Waals surface area contributed by atoms with Gasteiger partial charge in [0.25, 0.3) is 0 Å². The van der Waals surface area contributed by atoms with E-state index in [4.69, 9.17) is 10.4 Å². The Hall–Kier alpha value is -0.900. The maximum atomic E-state index is 11.9. The van der Waals surface area contributed by atoms with Gasteiger partial charge in [-0.2, -0.15) is 5.26 Å². The highest BCUT2D eigenvalue weighted by Gasteiger charge is 2.28. The Morgan fingerprint density at radius 3 is 2.70 bits per heavy atom. The van der Waals surface area contributed by atoms with Crippen molar-refractivity contribution in [3.8, 4) is 6.07 Å². The maximum absolute atomic E-state index is 11.9. The second-order valence-electron chi connectivity index (χ2n) is 5.33. The normalized spacial score (nSPS) is 23.3. The third kappa shape index (κ3) is 3.05. The first kappa shape index (κ1) is 15.5. The molecular formula is C14H17BrN2O2S. The lowest BCUT2D eigenvalue weighted by atomic mass is 9.78. The van der Waals surface area contributed by atoms with E-state index in [1.807, 2.05) is 12.1 Å². The number of sulfonamides is 1. The van der Waals surface area contributed by atoms with Gasteiger partial charge in [0.1, 0.15) is 0 Å². The molecule has 0 amide bonds. The molecule has 0 unspecified atom stereocenters. The third-order valence-corrected chi connectivity index (χ3v) is 5.92. The molecule has 1 aromatic rings. The summed E-state index contributed by atoms with van der Waals surface area (Å²) in [5, 5.41) is 14.5. The first-order valence-corrected chi connectivity index (χ1v) is 8.90. The van der Waals surface area contributed by atoms with Gasteiger partial charge in [-0.1, -0.05) is 28.4 Å². The number of halogens is 1. The first-order valence-electron chi connectivity index (χ1n) is 6.56. The van der Waals surface area contributed by atoms with E-state index in [9.17, 15) is 8.42 Å². The van der Waals surface area contributed by atoms with Gasteiger partial charge in [-0.3, -0.25) is 0 Å². The summed E-state index contributed by atoms with van der Waals surface area (Å²) in [6, 6.07) is 5.98. The minimum absolute atomic E-state index is 0.00558. The summed E-state index contributed by atoms with van der Waals surface area (Å²) in [7, 11) is -3.77. The summed E-state index contributed by atoms with van der Waals surface area (Å²) in [4.78, 5) is 0.218. The van der Waals surface area contributed by atoms with Crippen molar-refractivity contribution in [3.63, 3.8) is 0 Å². The van der Waals surface area contributed by atoms with E-state index in [0.717, 1.165) is 29.3 Å². The van der Waals surface area contributed by atoms with Crippen LogP contribution in [0.4, 0.5) is 0 Å². The number of nitrogens with two attached hydrogens (primary N) is 1. The number of primary sulfonamides is 1. The van der Waals surface area contributed by atoms with E-state index in [2.05, 4.69) is 22.0 Å². The fourth-order valence-electron chi connectivity index (χ4n) is 2.98. The Balaban J connectivity index is 2.52. The van der Waals surface area contributed by atoms with Crippen molar-refractivity contribution >= 4 is 26.0 Å². The van der Waals surface area contributed by atoms with Crippen LogP contribution in [0.25, 0.3) is 0 Å². The lowest BCUT2D eigenvalue weighted by Gasteiger charge is -2.27. The number of rotatable bonds is 2.